The fraction of sp³-hybridized carbons (Fsp3) is 0.0769. The van der Waals surface area contributed by atoms with Gasteiger partial charge in [-0.1, -0.05) is 18.2 Å². The van der Waals surface area contributed by atoms with Crippen molar-refractivity contribution >= 4 is 22.3 Å². The van der Waals surface area contributed by atoms with Gasteiger partial charge in [0.25, 0.3) is 10.9 Å². The first-order valence-corrected chi connectivity index (χ1v) is 5.43. The molecule has 0 bridgehead atoms. The van der Waals surface area contributed by atoms with Gasteiger partial charge in [-0.05, 0) is 6.07 Å². The summed E-state index contributed by atoms with van der Waals surface area (Å²) in [6.45, 7) is 0. The van der Waals surface area contributed by atoms with Crippen LogP contribution in [-0.4, -0.2) is 12.1 Å². The van der Waals surface area contributed by atoms with Gasteiger partial charge in [0, 0.05) is 17.1 Å². The Morgan fingerprint density at radius 1 is 1.17 bits per heavy atom. The number of rotatable bonds is 3. The fourth-order valence-corrected chi connectivity index (χ4v) is 1.99. The predicted octanol–water partition coefficient (Wildman–Crippen LogP) is 1.52. The number of H-pyrrole nitrogens is 1. The van der Waals surface area contributed by atoms with Crippen LogP contribution in [0.2, 0.25) is 0 Å². The van der Waals surface area contributed by atoms with Gasteiger partial charge in [-0.15, -0.1) is 0 Å². The van der Waals surface area contributed by atoms with E-state index in [0.29, 0.717) is 0 Å². The largest absolute Gasteiger partial charge is 0.491 e. The fourth-order valence-electron chi connectivity index (χ4n) is 1.99. The molecule has 5 nitrogen and oxygen atoms in total. The summed E-state index contributed by atoms with van der Waals surface area (Å²) in [6.07, 6.45) is 1.75. The van der Waals surface area contributed by atoms with Crippen molar-refractivity contribution in [3.8, 4) is 5.75 Å². The number of methoxy groups -OCH3 is 1. The highest BCUT2D eigenvalue weighted by Crippen LogP contribution is 2.28. The van der Waals surface area contributed by atoms with Crippen LogP contribution in [0.4, 0.5) is 11.4 Å². The molecule has 1 aromatic heterocycles. The maximum atomic E-state index is 11.4. The molecule has 0 saturated carbocycles. The van der Waals surface area contributed by atoms with Crippen LogP contribution in [0.1, 0.15) is 0 Å². The first-order valence-electron chi connectivity index (χ1n) is 5.43. The number of benzene rings is 1. The molecule has 0 fully saturated rings. The first-order chi connectivity index (χ1) is 8.72. The Morgan fingerprint density at radius 2 is 1.94 bits per heavy atom. The molecule has 0 aliphatic rings. The Labute approximate surface area is 102 Å². The Kier molecular flexibility index (Phi) is 2.19. The van der Waals surface area contributed by atoms with Gasteiger partial charge in [0.2, 0.25) is 0 Å². The maximum Gasteiger partial charge on any atom is 0.272 e. The molecule has 0 amide bonds. The summed E-state index contributed by atoms with van der Waals surface area (Å²) in [7, 11) is 1.37. The molecule has 0 aliphatic heterocycles. The lowest BCUT2D eigenvalue weighted by atomic mass is 10.2. The lowest BCUT2D eigenvalue weighted by Gasteiger charge is -2.10. The number of fused-ring (bicyclic) bond motifs is 1. The highest BCUT2D eigenvalue weighted by Gasteiger charge is 2.22. The molecule has 2 N–H and O–H groups in total. The van der Waals surface area contributed by atoms with Crippen LogP contribution in [0, 0.1) is 0 Å². The van der Waals surface area contributed by atoms with Crippen molar-refractivity contribution in [2.24, 2.45) is 0 Å². The Bertz CT molecular complexity index is 794. The topological polar surface area (TPSA) is 71.2 Å². The summed E-state index contributed by atoms with van der Waals surface area (Å²) in [4.78, 5) is 25.7. The van der Waals surface area contributed by atoms with Crippen LogP contribution in [0.15, 0.2) is 40.1 Å². The molecule has 2 aromatic carbocycles. The van der Waals surface area contributed by atoms with E-state index in [-0.39, 0.29) is 11.4 Å². The third-order valence-electron chi connectivity index (χ3n) is 2.92. The molecule has 0 radical (unpaired) electrons. The number of aromatic amines is 1. The number of ether oxygens (including phenoxy) is 1. The van der Waals surface area contributed by atoms with E-state index in [0.717, 1.165) is 16.6 Å². The normalized spacial score (nSPS) is 10.9. The van der Waals surface area contributed by atoms with E-state index >= 15 is 0 Å². The van der Waals surface area contributed by atoms with E-state index in [1.807, 2.05) is 24.3 Å². The quantitative estimate of drug-likeness (QED) is 0.683. The SMILES string of the molecule is COc1c(Nc2c[nH]c3ccccc23)c(=O)c1=O. The molecular weight excluding hydrogens is 232 g/mol. The van der Waals surface area contributed by atoms with E-state index in [1.54, 1.807) is 6.20 Å². The van der Waals surface area contributed by atoms with E-state index < -0.39 is 10.9 Å². The van der Waals surface area contributed by atoms with Crippen LogP contribution in [-0.2, 0) is 0 Å². The number of nitrogens with one attached hydrogen (secondary N) is 2. The molecule has 3 aromatic rings. The van der Waals surface area contributed by atoms with Gasteiger partial charge in [0.05, 0.1) is 12.8 Å². The lowest BCUT2D eigenvalue weighted by molar-refractivity contribution is 0.408. The van der Waals surface area contributed by atoms with E-state index in [2.05, 4.69) is 10.3 Å². The van der Waals surface area contributed by atoms with Crippen molar-refractivity contribution in [3.63, 3.8) is 0 Å². The number of anilines is 2. The molecule has 0 spiro atoms. The molecule has 0 atom stereocenters. The van der Waals surface area contributed by atoms with Crippen molar-refractivity contribution in [2.45, 2.75) is 0 Å². The zero-order valence-electron chi connectivity index (χ0n) is 9.61. The second kappa shape index (κ2) is 3.73. The Balaban J connectivity index is 2.05. The van der Waals surface area contributed by atoms with Gasteiger partial charge in [-0.25, -0.2) is 0 Å². The van der Waals surface area contributed by atoms with Crippen molar-refractivity contribution in [1.29, 1.82) is 0 Å². The van der Waals surface area contributed by atoms with Gasteiger partial charge in [-0.2, -0.15) is 0 Å². The third-order valence-corrected chi connectivity index (χ3v) is 2.92. The average molecular weight is 242 g/mol. The van der Waals surface area contributed by atoms with Crippen LogP contribution in [0.5, 0.6) is 5.75 Å². The zero-order chi connectivity index (χ0) is 12.7. The summed E-state index contributed by atoms with van der Waals surface area (Å²) in [5, 5.41) is 3.89. The second-order valence-electron chi connectivity index (χ2n) is 3.94. The lowest BCUT2D eigenvalue weighted by Crippen LogP contribution is -2.34. The molecule has 90 valence electrons. The van der Waals surface area contributed by atoms with Gasteiger partial charge >= 0.3 is 0 Å². The minimum absolute atomic E-state index is 0.0882. The van der Waals surface area contributed by atoms with Crippen molar-refractivity contribution in [2.75, 3.05) is 12.4 Å². The van der Waals surface area contributed by atoms with E-state index in [4.69, 9.17) is 4.74 Å². The molecule has 18 heavy (non-hydrogen) atoms. The second-order valence-corrected chi connectivity index (χ2v) is 3.94. The predicted molar refractivity (Wildman–Crippen MR) is 69.5 cm³/mol. The number of para-hydroxylation sites is 1. The maximum absolute atomic E-state index is 11.4. The Morgan fingerprint density at radius 3 is 2.72 bits per heavy atom. The first kappa shape index (κ1) is 10.6. The van der Waals surface area contributed by atoms with Crippen molar-refractivity contribution in [1.82, 2.24) is 4.98 Å². The van der Waals surface area contributed by atoms with Gasteiger partial charge < -0.3 is 15.0 Å². The monoisotopic (exact) mass is 242 g/mol. The Hall–Kier alpha value is -2.56. The van der Waals surface area contributed by atoms with Crippen LogP contribution in [0.3, 0.4) is 0 Å². The van der Waals surface area contributed by atoms with Crippen LogP contribution >= 0.6 is 0 Å². The van der Waals surface area contributed by atoms with Crippen LogP contribution < -0.4 is 20.9 Å². The van der Waals surface area contributed by atoms with Gasteiger partial charge in [0.1, 0.15) is 5.69 Å². The summed E-state index contributed by atoms with van der Waals surface area (Å²) in [5.74, 6) is 0.0882. The zero-order valence-corrected chi connectivity index (χ0v) is 9.61. The van der Waals surface area contributed by atoms with Crippen LogP contribution in [0.25, 0.3) is 10.9 Å². The molecule has 1 heterocycles. The highest BCUT2D eigenvalue weighted by atomic mass is 16.5. The highest BCUT2D eigenvalue weighted by molar-refractivity contribution is 5.94. The number of hydrogen-bond acceptors (Lipinski definition) is 4. The minimum atomic E-state index is -0.583. The molecule has 3 rings (SSSR count). The summed E-state index contributed by atoms with van der Waals surface area (Å²) in [6, 6.07) is 7.67. The van der Waals surface area contributed by atoms with E-state index in [9.17, 15) is 9.59 Å². The van der Waals surface area contributed by atoms with E-state index in [1.165, 1.54) is 7.11 Å². The molecule has 0 aliphatic carbocycles. The summed E-state index contributed by atoms with van der Waals surface area (Å²) >= 11 is 0. The van der Waals surface area contributed by atoms with Crippen molar-refractivity contribution < 1.29 is 4.74 Å². The summed E-state index contributed by atoms with van der Waals surface area (Å²) < 4.78 is 4.88. The average Bonchev–Trinajstić information content (AvgIpc) is 2.81. The number of aromatic nitrogens is 1. The number of hydrogen-bond donors (Lipinski definition) is 2. The molecular formula is C13H10N2O3. The molecule has 0 unspecified atom stereocenters. The summed E-state index contributed by atoms with van der Waals surface area (Å²) in [5.41, 5.74) is 0.790. The molecule has 5 heteroatoms. The van der Waals surface area contributed by atoms with Crippen molar-refractivity contribution in [3.05, 3.63) is 50.9 Å². The standard InChI is InChI=1S/C13H10N2O3/c1-18-13-10(11(16)12(13)17)15-9-6-14-8-5-3-2-4-7(8)9/h2-6,14-15H,1H3. The van der Waals surface area contributed by atoms with Gasteiger partial charge in [-0.3, -0.25) is 9.59 Å². The smallest absolute Gasteiger partial charge is 0.272 e. The van der Waals surface area contributed by atoms with Gasteiger partial charge in [0.15, 0.2) is 5.75 Å². The minimum Gasteiger partial charge on any atom is -0.491 e. The molecule has 0 saturated heterocycles. The third kappa shape index (κ3) is 1.34.